The Morgan fingerprint density at radius 2 is 2.10 bits per heavy atom. The van der Waals surface area contributed by atoms with Crippen LogP contribution in [0.4, 0.5) is 0 Å². The fourth-order valence-corrected chi connectivity index (χ4v) is 1.95. The van der Waals surface area contributed by atoms with Crippen LogP contribution >= 0.6 is 15.9 Å². The van der Waals surface area contributed by atoms with E-state index < -0.39 is 5.54 Å². The molecule has 2 aromatic rings. The van der Waals surface area contributed by atoms with E-state index in [0.29, 0.717) is 11.7 Å². The molecule has 0 fully saturated rings. The standard InChI is InChI=1S/C13H15BrN4O2/c1-8-17-11(18-20-8)7-16-12(19)13(2,15)9-3-5-10(14)6-4-9/h3-6H,7,15H2,1-2H3,(H,16,19). The van der Waals surface area contributed by atoms with Crippen LogP contribution in [0.15, 0.2) is 33.3 Å². The molecule has 1 unspecified atom stereocenters. The van der Waals surface area contributed by atoms with Crippen LogP contribution in [0.5, 0.6) is 0 Å². The lowest BCUT2D eigenvalue weighted by Gasteiger charge is -2.23. The summed E-state index contributed by atoms with van der Waals surface area (Å²) in [7, 11) is 0. The van der Waals surface area contributed by atoms with Gasteiger partial charge in [-0.15, -0.1) is 0 Å². The molecule has 0 bridgehead atoms. The second-order valence-corrected chi connectivity index (χ2v) is 5.54. The van der Waals surface area contributed by atoms with Gasteiger partial charge in [0.25, 0.3) is 0 Å². The number of carbonyl (C=O) groups excluding carboxylic acids is 1. The van der Waals surface area contributed by atoms with Crippen molar-refractivity contribution in [2.45, 2.75) is 25.9 Å². The lowest BCUT2D eigenvalue weighted by atomic mass is 9.92. The summed E-state index contributed by atoms with van der Waals surface area (Å²) in [5.41, 5.74) is 5.71. The first-order valence-corrected chi connectivity index (χ1v) is 6.81. The Hall–Kier alpha value is -1.73. The van der Waals surface area contributed by atoms with Crippen molar-refractivity contribution < 1.29 is 9.32 Å². The number of aryl methyl sites for hydroxylation is 1. The number of aromatic nitrogens is 2. The van der Waals surface area contributed by atoms with Crippen LogP contribution < -0.4 is 11.1 Å². The second-order valence-electron chi connectivity index (χ2n) is 4.62. The van der Waals surface area contributed by atoms with Crippen LogP contribution in [-0.4, -0.2) is 16.0 Å². The topological polar surface area (TPSA) is 94.0 Å². The van der Waals surface area contributed by atoms with Gasteiger partial charge in [-0.1, -0.05) is 33.2 Å². The number of carbonyl (C=O) groups is 1. The van der Waals surface area contributed by atoms with Gasteiger partial charge in [0.15, 0.2) is 5.82 Å². The quantitative estimate of drug-likeness (QED) is 0.883. The predicted octanol–water partition coefficient (Wildman–Crippen LogP) is 1.63. The lowest BCUT2D eigenvalue weighted by Crippen LogP contribution is -2.48. The van der Waals surface area contributed by atoms with Crippen molar-refractivity contribution in [3.8, 4) is 0 Å². The molecule has 1 aromatic heterocycles. The fourth-order valence-electron chi connectivity index (χ4n) is 1.68. The molecule has 1 atom stereocenters. The Bertz CT molecular complexity index is 607. The molecule has 2 rings (SSSR count). The van der Waals surface area contributed by atoms with E-state index in [1.54, 1.807) is 13.8 Å². The number of nitrogens with two attached hydrogens (primary N) is 1. The van der Waals surface area contributed by atoms with E-state index in [1.807, 2.05) is 24.3 Å². The van der Waals surface area contributed by atoms with Gasteiger partial charge in [-0.05, 0) is 24.6 Å². The molecule has 0 spiro atoms. The van der Waals surface area contributed by atoms with Crippen LogP contribution in [0.2, 0.25) is 0 Å². The number of hydrogen-bond donors (Lipinski definition) is 2. The van der Waals surface area contributed by atoms with Gasteiger partial charge in [0.2, 0.25) is 11.8 Å². The number of nitrogens with zero attached hydrogens (tertiary/aromatic N) is 2. The summed E-state index contributed by atoms with van der Waals surface area (Å²) >= 11 is 3.34. The van der Waals surface area contributed by atoms with E-state index in [2.05, 4.69) is 31.4 Å². The molecule has 1 amide bonds. The smallest absolute Gasteiger partial charge is 0.244 e. The first-order valence-electron chi connectivity index (χ1n) is 6.02. The zero-order valence-electron chi connectivity index (χ0n) is 11.2. The number of nitrogens with one attached hydrogen (secondary N) is 1. The van der Waals surface area contributed by atoms with Gasteiger partial charge in [0.05, 0.1) is 6.54 Å². The minimum absolute atomic E-state index is 0.180. The Labute approximate surface area is 124 Å². The Balaban J connectivity index is 2.05. The minimum Gasteiger partial charge on any atom is -0.347 e. The third-order valence-electron chi connectivity index (χ3n) is 2.89. The summed E-state index contributed by atoms with van der Waals surface area (Å²) in [6.07, 6.45) is 0. The van der Waals surface area contributed by atoms with Gasteiger partial charge in [0.1, 0.15) is 5.54 Å². The van der Waals surface area contributed by atoms with Crippen molar-refractivity contribution in [3.05, 3.63) is 46.0 Å². The maximum atomic E-state index is 12.2. The zero-order chi connectivity index (χ0) is 14.8. The van der Waals surface area contributed by atoms with E-state index in [0.717, 1.165) is 10.0 Å². The Morgan fingerprint density at radius 3 is 2.65 bits per heavy atom. The highest BCUT2D eigenvalue weighted by Crippen LogP contribution is 2.20. The van der Waals surface area contributed by atoms with E-state index in [9.17, 15) is 4.79 Å². The number of benzene rings is 1. The highest BCUT2D eigenvalue weighted by atomic mass is 79.9. The third-order valence-corrected chi connectivity index (χ3v) is 3.42. The maximum Gasteiger partial charge on any atom is 0.244 e. The molecular weight excluding hydrogens is 324 g/mol. The van der Waals surface area contributed by atoms with Crippen LogP contribution in [0, 0.1) is 6.92 Å². The van der Waals surface area contributed by atoms with Gasteiger partial charge >= 0.3 is 0 Å². The number of halogens is 1. The molecule has 7 heteroatoms. The average Bonchev–Trinajstić information content (AvgIpc) is 2.82. The van der Waals surface area contributed by atoms with Gasteiger partial charge in [-0.25, -0.2) is 0 Å². The monoisotopic (exact) mass is 338 g/mol. The second kappa shape index (κ2) is 5.72. The summed E-state index contributed by atoms with van der Waals surface area (Å²) < 4.78 is 5.76. The molecule has 0 aliphatic rings. The minimum atomic E-state index is -1.13. The van der Waals surface area contributed by atoms with E-state index >= 15 is 0 Å². The average molecular weight is 339 g/mol. The maximum absolute atomic E-state index is 12.2. The van der Waals surface area contributed by atoms with Crippen LogP contribution in [0.1, 0.15) is 24.2 Å². The zero-order valence-corrected chi connectivity index (χ0v) is 12.8. The largest absolute Gasteiger partial charge is 0.347 e. The van der Waals surface area contributed by atoms with Gasteiger partial charge in [0, 0.05) is 11.4 Å². The van der Waals surface area contributed by atoms with Crippen molar-refractivity contribution in [1.29, 1.82) is 0 Å². The fraction of sp³-hybridized carbons (Fsp3) is 0.308. The van der Waals surface area contributed by atoms with E-state index in [1.165, 1.54) is 0 Å². The summed E-state index contributed by atoms with van der Waals surface area (Å²) in [5, 5.41) is 6.41. The van der Waals surface area contributed by atoms with Crippen LogP contribution in [0.25, 0.3) is 0 Å². The molecule has 1 heterocycles. The van der Waals surface area contributed by atoms with Crippen molar-refractivity contribution in [3.63, 3.8) is 0 Å². The third kappa shape index (κ3) is 3.23. The van der Waals surface area contributed by atoms with Gasteiger partial charge < -0.3 is 15.6 Å². The van der Waals surface area contributed by atoms with Gasteiger partial charge in [-0.3, -0.25) is 4.79 Å². The van der Waals surface area contributed by atoms with E-state index in [4.69, 9.17) is 10.3 Å². The van der Waals surface area contributed by atoms with Crippen molar-refractivity contribution >= 4 is 21.8 Å². The molecule has 0 saturated heterocycles. The number of hydrogen-bond acceptors (Lipinski definition) is 5. The molecule has 106 valence electrons. The van der Waals surface area contributed by atoms with E-state index in [-0.39, 0.29) is 12.5 Å². The van der Waals surface area contributed by atoms with Crippen molar-refractivity contribution in [2.24, 2.45) is 5.73 Å². The summed E-state index contributed by atoms with van der Waals surface area (Å²) in [6, 6.07) is 7.30. The highest BCUT2D eigenvalue weighted by molar-refractivity contribution is 9.10. The van der Waals surface area contributed by atoms with Crippen LogP contribution in [-0.2, 0) is 16.9 Å². The molecule has 20 heavy (non-hydrogen) atoms. The Morgan fingerprint density at radius 1 is 1.45 bits per heavy atom. The SMILES string of the molecule is Cc1nc(CNC(=O)C(C)(N)c2ccc(Br)cc2)no1. The lowest BCUT2D eigenvalue weighted by molar-refractivity contribution is -0.126. The first-order chi connectivity index (χ1) is 9.39. The predicted molar refractivity (Wildman–Crippen MR) is 76.6 cm³/mol. The summed E-state index contributed by atoms with van der Waals surface area (Å²) in [5.74, 6) is 0.572. The highest BCUT2D eigenvalue weighted by Gasteiger charge is 2.30. The van der Waals surface area contributed by atoms with Crippen molar-refractivity contribution in [1.82, 2.24) is 15.5 Å². The van der Waals surface area contributed by atoms with Gasteiger partial charge in [-0.2, -0.15) is 4.98 Å². The molecule has 3 N–H and O–H groups in total. The molecule has 0 radical (unpaired) electrons. The molecule has 0 aliphatic heterocycles. The molecular formula is C13H15BrN4O2. The molecule has 0 aliphatic carbocycles. The number of rotatable bonds is 4. The van der Waals surface area contributed by atoms with Crippen LogP contribution in [0.3, 0.4) is 0 Å². The normalized spacial score (nSPS) is 13.8. The molecule has 0 saturated carbocycles. The number of amides is 1. The molecule has 1 aromatic carbocycles. The summed E-state index contributed by atoms with van der Waals surface area (Å²) in [4.78, 5) is 16.2. The first kappa shape index (κ1) is 14.7. The summed E-state index contributed by atoms with van der Waals surface area (Å²) in [6.45, 7) is 3.53. The Kier molecular flexibility index (Phi) is 4.20. The molecule has 6 nitrogen and oxygen atoms in total. The van der Waals surface area contributed by atoms with Crippen molar-refractivity contribution in [2.75, 3.05) is 0 Å².